The van der Waals surface area contributed by atoms with Crippen LogP contribution in [0.5, 0.6) is 0 Å². The second kappa shape index (κ2) is 5.85. The summed E-state index contributed by atoms with van der Waals surface area (Å²) in [5.41, 5.74) is 7.28. The first kappa shape index (κ1) is 12.9. The van der Waals surface area contributed by atoms with Gasteiger partial charge in [-0.25, -0.2) is 0 Å². The molecule has 2 nitrogen and oxygen atoms in total. The van der Waals surface area contributed by atoms with Crippen molar-refractivity contribution in [3.8, 4) is 0 Å². The van der Waals surface area contributed by atoms with E-state index in [1.807, 2.05) is 18.2 Å². The van der Waals surface area contributed by atoms with E-state index in [1.165, 1.54) is 24.8 Å². The predicted molar refractivity (Wildman–Crippen MR) is 73.2 cm³/mol. The van der Waals surface area contributed by atoms with Gasteiger partial charge in [0.2, 0.25) is 0 Å². The summed E-state index contributed by atoms with van der Waals surface area (Å²) in [4.78, 5) is 2.48. The van der Waals surface area contributed by atoms with Gasteiger partial charge in [0.15, 0.2) is 0 Å². The lowest BCUT2D eigenvalue weighted by Gasteiger charge is -2.38. The third kappa shape index (κ3) is 3.21. The average molecular weight is 253 g/mol. The zero-order chi connectivity index (χ0) is 12.3. The summed E-state index contributed by atoms with van der Waals surface area (Å²) in [7, 11) is 0. The fourth-order valence-corrected chi connectivity index (χ4v) is 2.85. The molecule has 0 saturated carbocycles. The molecule has 1 aromatic rings. The van der Waals surface area contributed by atoms with Crippen LogP contribution in [-0.2, 0) is 6.54 Å². The van der Waals surface area contributed by atoms with E-state index in [0.717, 1.165) is 18.1 Å². The summed E-state index contributed by atoms with van der Waals surface area (Å²) in [6.45, 7) is 4.17. The number of nitrogens with two attached hydrogens (primary N) is 1. The van der Waals surface area contributed by atoms with Gasteiger partial charge in [0, 0.05) is 23.7 Å². The third-order valence-corrected chi connectivity index (χ3v) is 3.97. The Morgan fingerprint density at radius 2 is 2.18 bits per heavy atom. The van der Waals surface area contributed by atoms with E-state index in [9.17, 15) is 0 Å². The van der Waals surface area contributed by atoms with E-state index in [2.05, 4.69) is 17.9 Å². The highest BCUT2D eigenvalue weighted by Gasteiger charge is 2.25. The first-order valence-corrected chi connectivity index (χ1v) is 6.79. The molecular formula is C14H21ClN2. The van der Waals surface area contributed by atoms with Crippen LogP contribution in [0.25, 0.3) is 0 Å². The Balaban J connectivity index is 2.08. The number of halogens is 1. The normalized spacial score (nSPS) is 23.6. The maximum atomic E-state index is 6.21. The molecule has 0 aliphatic carbocycles. The minimum atomic E-state index is 0.234. The maximum absolute atomic E-state index is 6.21. The Kier molecular flexibility index (Phi) is 4.43. The van der Waals surface area contributed by atoms with Gasteiger partial charge in [-0.3, -0.25) is 4.90 Å². The maximum Gasteiger partial charge on any atom is 0.0451 e. The molecule has 2 unspecified atom stereocenters. The molecule has 0 radical (unpaired) electrons. The van der Waals surface area contributed by atoms with E-state index >= 15 is 0 Å². The minimum Gasteiger partial charge on any atom is -0.327 e. The molecule has 2 atom stereocenters. The molecule has 1 heterocycles. The molecule has 2 N–H and O–H groups in total. The molecule has 1 aliphatic heterocycles. The summed E-state index contributed by atoms with van der Waals surface area (Å²) in [6, 6.07) is 8.83. The van der Waals surface area contributed by atoms with Crippen molar-refractivity contribution in [1.82, 2.24) is 4.90 Å². The molecule has 0 amide bonds. The van der Waals surface area contributed by atoms with Crippen LogP contribution in [0.4, 0.5) is 0 Å². The van der Waals surface area contributed by atoms with Crippen LogP contribution in [0, 0.1) is 0 Å². The summed E-state index contributed by atoms with van der Waals surface area (Å²) in [6.07, 6.45) is 3.78. The first-order chi connectivity index (χ1) is 8.18. The molecule has 2 rings (SSSR count). The zero-order valence-corrected chi connectivity index (χ0v) is 11.2. The van der Waals surface area contributed by atoms with Gasteiger partial charge in [-0.05, 0) is 37.9 Å². The number of piperidine rings is 1. The fourth-order valence-electron chi connectivity index (χ4n) is 2.65. The summed E-state index contributed by atoms with van der Waals surface area (Å²) < 4.78 is 0. The Morgan fingerprint density at radius 3 is 2.88 bits per heavy atom. The van der Waals surface area contributed by atoms with Gasteiger partial charge in [-0.15, -0.1) is 0 Å². The van der Waals surface area contributed by atoms with Crippen molar-refractivity contribution in [2.45, 2.75) is 44.8 Å². The molecule has 0 bridgehead atoms. The van der Waals surface area contributed by atoms with E-state index in [1.54, 1.807) is 0 Å². The van der Waals surface area contributed by atoms with E-state index in [0.29, 0.717) is 6.04 Å². The van der Waals surface area contributed by atoms with Gasteiger partial charge in [-0.2, -0.15) is 0 Å². The van der Waals surface area contributed by atoms with E-state index in [-0.39, 0.29) is 6.04 Å². The van der Waals surface area contributed by atoms with Gasteiger partial charge in [-0.1, -0.05) is 36.2 Å². The summed E-state index contributed by atoms with van der Waals surface area (Å²) in [5.74, 6) is 0. The monoisotopic (exact) mass is 252 g/mol. The molecule has 1 aromatic carbocycles. The minimum absolute atomic E-state index is 0.234. The summed E-state index contributed by atoms with van der Waals surface area (Å²) in [5, 5.41) is 0.862. The van der Waals surface area contributed by atoms with Gasteiger partial charge in [0.1, 0.15) is 0 Å². The number of nitrogens with zero attached hydrogens (tertiary/aromatic N) is 1. The van der Waals surface area contributed by atoms with E-state index in [4.69, 9.17) is 17.3 Å². The van der Waals surface area contributed by atoms with Gasteiger partial charge in [0.05, 0.1) is 0 Å². The molecule has 1 saturated heterocycles. The van der Waals surface area contributed by atoms with Gasteiger partial charge >= 0.3 is 0 Å². The zero-order valence-electron chi connectivity index (χ0n) is 10.4. The van der Waals surface area contributed by atoms with Crippen LogP contribution in [0.2, 0.25) is 5.02 Å². The van der Waals surface area contributed by atoms with Crippen molar-refractivity contribution in [2.75, 3.05) is 6.54 Å². The number of benzene rings is 1. The Bertz CT molecular complexity index is 365. The molecule has 17 heavy (non-hydrogen) atoms. The molecule has 1 aliphatic rings. The second-order valence-corrected chi connectivity index (χ2v) is 5.39. The van der Waals surface area contributed by atoms with Crippen molar-refractivity contribution in [3.63, 3.8) is 0 Å². The molecule has 0 spiro atoms. The quantitative estimate of drug-likeness (QED) is 0.896. The smallest absolute Gasteiger partial charge is 0.0451 e. The van der Waals surface area contributed by atoms with Crippen LogP contribution in [0.3, 0.4) is 0 Å². The molecule has 3 heteroatoms. The molecule has 0 aromatic heterocycles. The van der Waals surface area contributed by atoms with E-state index < -0.39 is 0 Å². The topological polar surface area (TPSA) is 29.3 Å². The van der Waals surface area contributed by atoms with Crippen molar-refractivity contribution in [3.05, 3.63) is 34.9 Å². The molecular weight excluding hydrogens is 232 g/mol. The fraction of sp³-hybridized carbons (Fsp3) is 0.571. The highest BCUT2D eigenvalue weighted by Crippen LogP contribution is 2.24. The van der Waals surface area contributed by atoms with Crippen molar-refractivity contribution >= 4 is 11.6 Å². The largest absolute Gasteiger partial charge is 0.327 e. The van der Waals surface area contributed by atoms with Crippen molar-refractivity contribution in [1.29, 1.82) is 0 Å². The molecule has 94 valence electrons. The predicted octanol–water partition coefficient (Wildman–Crippen LogP) is 3.04. The molecule has 1 fully saturated rings. The number of hydrogen-bond acceptors (Lipinski definition) is 2. The standard InChI is InChI=1S/C14H21ClN2/c1-11(16)14-8-4-5-9-17(14)10-12-6-2-3-7-13(12)15/h2-3,6-7,11,14H,4-5,8-10,16H2,1H3. The second-order valence-electron chi connectivity index (χ2n) is 4.98. The van der Waals surface area contributed by atoms with Crippen molar-refractivity contribution in [2.24, 2.45) is 5.73 Å². The highest BCUT2D eigenvalue weighted by molar-refractivity contribution is 6.31. The van der Waals surface area contributed by atoms with Crippen LogP contribution in [0.1, 0.15) is 31.7 Å². The Morgan fingerprint density at radius 1 is 1.41 bits per heavy atom. The van der Waals surface area contributed by atoms with Crippen LogP contribution in [0.15, 0.2) is 24.3 Å². The number of hydrogen-bond donors (Lipinski definition) is 1. The Labute approximate surface area is 109 Å². The van der Waals surface area contributed by atoms with Crippen LogP contribution in [-0.4, -0.2) is 23.5 Å². The van der Waals surface area contributed by atoms with Gasteiger partial charge in [0.25, 0.3) is 0 Å². The van der Waals surface area contributed by atoms with Gasteiger partial charge < -0.3 is 5.73 Å². The average Bonchev–Trinajstić information content (AvgIpc) is 2.32. The lowest BCUT2D eigenvalue weighted by molar-refractivity contribution is 0.123. The first-order valence-electron chi connectivity index (χ1n) is 6.41. The van der Waals surface area contributed by atoms with Crippen molar-refractivity contribution < 1.29 is 0 Å². The van der Waals surface area contributed by atoms with Crippen LogP contribution < -0.4 is 5.73 Å². The third-order valence-electron chi connectivity index (χ3n) is 3.60. The van der Waals surface area contributed by atoms with Crippen LogP contribution >= 0.6 is 11.6 Å². The highest BCUT2D eigenvalue weighted by atomic mass is 35.5. The Hall–Kier alpha value is -0.570. The number of likely N-dealkylation sites (tertiary alicyclic amines) is 1. The summed E-state index contributed by atoms with van der Waals surface area (Å²) >= 11 is 6.21. The lowest BCUT2D eigenvalue weighted by atomic mass is 9.96. The lowest BCUT2D eigenvalue weighted by Crippen LogP contribution is -2.48. The number of rotatable bonds is 3. The SMILES string of the molecule is CC(N)C1CCCCN1Cc1ccccc1Cl.